The number of rotatable bonds is 2. The molecule has 2 heterocycles. The lowest BCUT2D eigenvalue weighted by atomic mass is 9.96. The van der Waals surface area contributed by atoms with E-state index in [4.69, 9.17) is 16.6 Å². The van der Waals surface area contributed by atoms with Gasteiger partial charge >= 0.3 is 0 Å². The molecule has 0 bridgehead atoms. The molecule has 0 fully saturated rings. The predicted octanol–water partition coefficient (Wildman–Crippen LogP) is 6.90. The van der Waals surface area contributed by atoms with Gasteiger partial charge in [0, 0.05) is 10.7 Å². The van der Waals surface area contributed by atoms with Gasteiger partial charge in [-0.3, -0.25) is 4.57 Å². The fourth-order valence-corrected chi connectivity index (χ4v) is 4.47. The lowest BCUT2D eigenvalue weighted by Gasteiger charge is -2.27. The summed E-state index contributed by atoms with van der Waals surface area (Å²) in [6, 6.07) is 31.3. The number of hydrogen-bond donors (Lipinski definition) is 1. The first-order valence-electron chi connectivity index (χ1n) is 9.97. The maximum Gasteiger partial charge on any atom is 0.209 e. The molecule has 0 saturated heterocycles. The summed E-state index contributed by atoms with van der Waals surface area (Å²) in [6.45, 7) is 0. The Morgan fingerprint density at radius 2 is 1.57 bits per heavy atom. The number of imidazole rings is 1. The van der Waals surface area contributed by atoms with Crippen molar-refractivity contribution in [1.82, 2.24) is 9.55 Å². The van der Waals surface area contributed by atoms with E-state index in [2.05, 4.69) is 76.6 Å². The van der Waals surface area contributed by atoms with Crippen molar-refractivity contribution in [2.45, 2.75) is 6.04 Å². The molecule has 1 aliphatic rings. The third-order valence-electron chi connectivity index (χ3n) is 5.74. The van der Waals surface area contributed by atoms with Crippen molar-refractivity contribution in [1.29, 1.82) is 0 Å². The summed E-state index contributed by atoms with van der Waals surface area (Å²) in [7, 11) is 0. The monoisotopic (exact) mass is 407 g/mol. The molecule has 0 saturated carbocycles. The molecule has 1 atom stereocenters. The summed E-state index contributed by atoms with van der Waals surface area (Å²) in [4.78, 5) is 4.89. The Balaban J connectivity index is 1.63. The molecule has 1 aliphatic heterocycles. The molecule has 4 heteroatoms. The molecule has 30 heavy (non-hydrogen) atoms. The molecule has 1 N–H and O–H groups in total. The number of halogens is 1. The summed E-state index contributed by atoms with van der Waals surface area (Å²) >= 11 is 6.12. The Bertz CT molecular complexity index is 1420. The third kappa shape index (κ3) is 2.71. The fraction of sp³-hybridized carbons (Fsp3) is 0.0385. The highest BCUT2D eigenvalue weighted by atomic mass is 35.5. The van der Waals surface area contributed by atoms with E-state index in [1.807, 2.05) is 30.3 Å². The van der Waals surface area contributed by atoms with Crippen molar-refractivity contribution in [3.05, 3.63) is 113 Å². The van der Waals surface area contributed by atoms with Crippen LogP contribution in [-0.4, -0.2) is 9.55 Å². The van der Waals surface area contributed by atoms with Crippen LogP contribution in [0.2, 0.25) is 5.02 Å². The van der Waals surface area contributed by atoms with Crippen LogP contribution in [0.3, 0.4) is 0 Å². The summed E-state index contributed by atoms with van der Waals surface area (Å²) in [6.07, 6.45) is 2.28. The highest BCUT2D eigenvalue weighted by Gasteiger charge is 2.26. The first-order valence-corrected chi connectivity index (χ1v) is 10.4. The number of fused-ring (bicyclic) bond motifs is 4. The van der Waals surface area contributed by atoms with Gasteiger partial charge in [-0.1, -0.05) is 78.3 Å². The third-order valence-corrected chi connectivity index (χ3v) is 5.99. The first kappa shape index (κ1) is 17.3. The fourth-order valence-electron chi connectivity index (χ4n) is 4.34. The van der Waals surface area contributed by atoms with Crippen molar-refractivity contribution in [2.24, 2.45) is 0 Å². The Labute approximate surface area is 179 Å². The van der Waals surface area contributed by atoms with Crippen molar-refractivity contribution in [2.75, 3.05) is 5.32 Å². The molecule has 4 aromatic carbocycles. The molecular weight excluding hydrogens is 390 g/mol. The van der Waals surface area contributed by atoms with Gasteiger partial charge in [0.1, 0.15) is 0 Å². The van der Waals surface area contributed by atoms with Gasteiger partial charge < -0.3 is 5.32 Å². The van der Waals surface area contributed by atoms with Crippen molar-refractivity contribution >= 4 is 45.1 Å². The number of allylic oxidation sites excluding steroid dienone is 1. The molecule has 0 unspecified atom stereocenters. The number of para-hydroxylation sites is 2. The Morgan fingerprint density at radius 3 is 2.47 bits per heavy atom. The van der Waals surface area contributed by atoms with Gasteiger partial charge in [0.25, 0.3) is 0 Å². The minimum Gasteiger partial charge on any atom is -0.325 e. The summed E-state index contributed by atoms with van der Waals surface area (Å²) in [5.41, 5.74) is 5.47. The van der Waals surface area contributed by atoms with Gasteiger partial charge in [0.2, 0.25) is 5.95 Å². The summed E-state index contributed by atoms with van der Waals surface area (Å²) in [5.74, 6) is 0.849. The molecule has 0 spiro atoms. The number of nitrogens with one attached hydrogen (secondary N) is 1. The summed E-state index contributed by atoms with van der Waals surface area (Å²) < 4.78 is 2.29. The van der Waals surface area contributed by atoms with Crippen LogP contribution in [0, 0.1) is 0 Å². The van der Waals surface area contributed by atoms with Crippen LogP contribution in [0.1, 0.15) is 17.2 Å². The van der Waals surface area contributed by atoms with E-state index in [0.29, 0.717) is 0 Å². The van der Waals surface area contributed by atoms with E-state index >= 15 is 0 Å². The lowest BCUT2D eigenvalue weighted by Crippen LogP contribution is -2.19. The molecule has 1 aromatic heterocycles. The zero-order valence-corrected chi connectivity index (χ0v) is 16.8. The summed E-state index contributed by atoms with van der Waals surface area (Å²) in [5, 5.41) is 6.76. The zero-order chi connectivity index (χ0) is 20.1. The smallest absolute Gasteiger partial charge is 0.209 e. The van der Waals surface area contributed by atoms with E-state index in [0.717, 1.165) is 33.3 Å². The van der Waals surface area contributed by atoms with Crippen LogP contribution in [0.25, 0.3) is 27.5 Å². The van der Waals surface area contributed by atoms with Gasteiger partial charge in [-0.15, -0.1) is 0 Å². The van der Waals surface area contributed by atoms with Crippen LogP contribution in [-0.2, 0) is 0 Å². The van der Waals surface area contributed by atoms with Crippen LogP contribution >= 0.6 is 11.6 Å². The normalized spacial score (nSPS) is 15.6. The second-order valence-corrected chi connectivity index (χ2v) is 7.96. The number of nitrogens with zero attached hydrogens (tertiary/aromatic N) is 2. The molecule has 0 amide bonds. The number of hydrogen-bond acceptors (Lipinski definition) is 2. The average molecular weight is 408 g/mol. The van der Waals surface area contributed by atoms with Crippen molar-refractivity contribution in [3.63, 3.8) is 0 Å². The molecular formula is C26H18ClN3. The van der Waals surface area contributed by atoms with E-state index in [1.165, 1.54) is 16.3 Å². The predicted molar refractivity (Wildman–Crippen MR) is 125 cm³/mol. The first-order chi connectivity index (χ1) is 14.8. The maximum atomic E-state index is 6.12. The molecule has 0 radical (unpaired) electrons. The van der Waals surface area contributed by atoms with Gasteiger partial charge in [0.05, 0.1) is 17.1 Å². The van der Waals surface area contributed by atoms with Crippen LogP contribution in [0.5, 0.6) is 0 Å². The molecule has 5 aromatic rings. The van der Waals surface area contributed by atoms with Crippen LogP contribution in [0.4, 0.5) is 5.95 Å². The maximum absolute atomic E-state index is 6.12. The highest BCUT2D eigenvalue weighted by molar-refractivity contribution is 6.30. The molecule has 6 rings (SSSR count). The number of benzene rings is 4. The van der Waals surface area contributed by atoms with Crippen LogP contribution < -0.4 is 5.32 Å². The van der Waals surface area contributed by atoms with Gasteiger partial charge in [-0.2, -0.15) is 0 Å². The molecule has 3 nitrogen and oxygen atoms in total. The van der Waals surface area contributed by atoms with Crippen molar-refractivity contribution in [3.8, 4) is 0 Å². The Kier molecular flexibility index (Phi) is 3.90. The van der Waals surface area contributed by atoms with Crippen molar-refractivity contribution < 1.29 is 0 Å². The van der Waals surface area contributed by atoms with E-state index in [9.17, 15) is 0 Å². The second kappa shape index (κ2) is 6.75. The van der Waals surface area contributed by atoms with Gasteiger partial charge in [-0.05, 0) is 52.2 Å². The Hall–Kier alpha value is -3.56. The lowest BCUT2D eigenvalue weighted by molar-refractivity contribution is 0.726. The largest absolute Gasteiger partial charge is 0.325 e. The molecule has 144 valence electrons. The quantitative estimate of drug-likeness (QED) is 0.345. The van der Waals surface area contributed by atoms with E-state index in [-0.39, 0.29) is 6.04 Å². The van der Waals surface area contributed by atoms with Crippen LogP contribution in [0.15, 0.2) is 97.1 Å². The highest BCUT2D eigenvalue weighted by Crippen LogP contribution is 2.39. The molecule has 0 aliphatic carbocycles. The Morgan fingerprint density at radius 1 is 0.800 bits per heavy atom. The second-order valence-electron chi connectivity index (χ2n) is 7.52. The standard InChI is InChI=1S/C26H18ClN3/c27-19-14-12-18(13-15-19)23-16-25(21-9-5-7-17-6-1-2-8-20(17)21)30-24-11-4-3-10-22(24)28-26(30)29-23/h1-16,25H,(H,28,29)/t25-/m0/s1. The number of aromatic nitrogens is 2. The number of anilines is 1. The van der Waals surface area contributed by atoms with Gasteiger partial charge in [0.15, 0.2) is 0 Å². The minimum atomic E-state index is 0.0189. The zero-order valence-electron chi connectivity index (χ0n) is 16.1. The SMILES string of the molecule is Clc1ccc(C2=C[C@@H](c3cccc4ccccc34)n3c(nc4ccccc43)N2)cc1. The topological polar surface area (TPSA) is 29.9 Å². The van der Waals surface area contributed by atoms with E-state index in [1.54, 1.807) is 0 Å². The van der Waals surface area contributed by atoms with E-state index < -0.39 is 0 Å². The van der Waals surface area contributed by atoms with Gasteiger partial charge in [-0.25, -0.2) is 4.98 Å². The minimum absolute atomic E-state index is 0.0189. The average Bonchev–Trinajstić information content (AvgIpc) is 3.17.